The fraction of sp³-hybridized carbons (Fsp3) is 0.235. The minimum absolute atomic E-state index is 0.694. The molecule has 21 heavy (non-hydrogen) atoms. The molecule has 0 aliphatic heterocycles. The Balaban J connectivity index is 2.06. The molecule has 1 heterocycles. The van der Waals surface area contributed by atoms with Gasteiger partial charge in [0.25, 0.3) is 0 Å². The number of aromatic nitrogens is 1. The van der Waals surface area contributed by atoms with Gasteiger partial charge in [0.1, 0.15) is 5.00 Å². The highest BCUT2D eigenvalue weighted by Crippen LogP contribution is 2.36. The number of anilines is 2. The molecule has 0 unspecified atom stereocenters. The maximum atomic E-state index is 5.71. The summed E-state index contributed by atoms with van der Waals surface area (Å²) in [5, 5.41) is 2.41. The van der Waals surface area contributed by atoms with Gasteiger partial charge >= 0.3 is 0 Å². The highest BCUT2D eigenvalue weighted by Gasteiger charge is 2.15. The van der Waals surface area contributed by atoms with Crippen LogP contribution in [0.2, 0.25) is 0 Å². The summed E-state index contributed by atoms with van der Waals surface area (Å²) in [4.78, 5) is 2.33. The van der Waals surface area contributed by atoms with Crippen molar-refractivity contribution in [1.29, 1.82) is 0 Å². The van der Waals surface area contributed by atoms with Gasteiger partial charge in [0.05, 0.1) is 5.52 Å². The van der Waals surface area contributed by atoms with E-state index in [0.717, 1.165) is 18.5 Å². The summed E-state index contributed by atoms with van der Waals surface area (Å²) in [5.74, 6) is 0. The predicted octanol–water partition coefficient (Wildman–Crippen LogP) is 4.09. The molecule has 0 fully saturated rings. The average molecular weight is 297 g/mol. The zero-order valence-corrected chi connectivity index (χ0v) is 12.9. The summed E-state index contributed by atoms with van der Waals surface area (Å²) in [6.45, 7) is 3.72. The third-order valence-electron chi connectivity index (χ3n) is 3.51. The van der Waals surface area contributed by atoms with Crippen LogP contribution in [-0.4, -0.2) is 17.5 Å². The first kappa shape index (κ1) is 14.0. The molecule has 0 amide bonds. The number of hydrogen-bond donors (Lipinski definition) is 1. The monoisotopic (exact) mass is 297 g/mol. The van der Waals surface area contributed by atoms with Crippen molar-refractivity contribution in [2.24, 2.45) is 5.73 Å². The van der Waals surface area contributed by atoms with Gasteiger partial charge in [0.15, 0.2) is 0 Å². The van der Waals surface area contributed by atoms with Crippen molar-refractivity contribution in [2.45, 2.75) is 13.3 Å². The smallest absolute Gasteiger partial charge is 0.124 e. The number of benzene rings is 2. The molecule has 0 bridgehead atoms. The number of nitrogens with two attached hydrogens (primary N) is 1. The zero-order chi connectivity index (χ0) is 14.7. The first-order chi connectivity index (χ1) is 10.3. The summed E-state index contributed by atoms with van der Waals surface area (Å²) >= 11 is 1.56. The van der Waals surface area contributed by atoms with Crippen LogP contribution < -0.4 is 10.6 Å². The van der Waals surface area contributed by atoms with Crippen molar-refractivity contribution < 1.29 is 0 Å². The van der Waals surface area contributed by atoms with Gasteiger partial charge in [0.2, 0.25) is 0 Å². The van der Waals surface area contributed by atoms with Crippen LogP contribution in [0.25, 0.3) is 10.9 Å². The van der Waals surface area contributed by atoms with Crippen molar-refractivity contribution in [1.82, 2.24) is 4.37 Å². The molecule has 0 saturated carbocycles. The van der Waals surface area contributed by atoms with Crippen molar-refractivity contribution in [3.05, 3.63) is 54.1 Å². The molecule has 0 aliphatic rings. The van der Waals surface area contributed by atoms with E-state index in [-0.39, 0.29) is 0 Å². The van der Waals surface area contributed by atoms with E-state index in [2.05, 4.69) is 58.7 Å². The van der Waals surface area contributed by atoms with Gasteiger partial charge in [-0.15, -0.1) is 0 Å². The highest BCUT2D eigenvalue weighted by molar-refractivity contribution is 7.12. The Morgan fingerprint density at radius 2 is 2.00 bits per heavy atom. The van der Waals surface area contributed by atoms with Crippen molar-refractivity contribution in [2.75, 3.05) is 18.0 Å². The molecule has 0 spiro atoms. The Labute approximate surface area is 129 Å². The number of nitrogens with zero attached hydrogens (tertiary/aromatic N) is 2. The summed E-state index contributed by atoms with van der Waals surface area (Å²) in [6, 6.07) is 16.9. The van der Waals surface area contributed by atoms with Crippen LogP contribution in [0.1, 0.15) is 12.0 Å². The summed E-state index contributed by atoms with van der Waals surface area (Å²) in [7, 11) is 0. The molecule has 4 heteroatoms. The lowest BCUT2D eigenvalue weighted by atomic mass is 10.2. The molecule has 0 radical (unpaired) electrons. The van der Waals surface area contributed by atoms with Crippen molar-refractivity contribution >= 4 is 33.1 Å². The molecule has 3 rings (SSSR count). The molecule has 3 nitrogen and oxygen atoms in total. The molecule has 0 saturated heterocycles. The van der Waals surface area contributed by atoms with Gasteiger partial charge in [-0.1, -0.05) is 24.3 Å². The standard InChI is InChI=1S/C17H19N3S/c1-13-6-4-7-14(12-13)20(11-5-10-18)17-15-8-2-3-9-16(15)19-21-17/h2-4,6-9,12H,5,10-11,18H2,1H3. The molecule has 2 aromatic carbocycles. The Morgan fingerprint density at radius 1 is 1.14 bits per heavy atom. The van der Waals surface area contributed by atoms with Gasteiger partial charge in [-0.3, -0.25) is 0 Å². The lowest BCUT2D eigenvalue weighted by molar-refractivity contribution is 0.823. The van der Waals surface area contributed by atoms with Gasteiger partial charge in [-0.25, -0.2) is 0 Å². The van der Waals surface area contributed by atoms with E-state index in [9.17, 15) is 0 Å². The summed E-state index contributed by atoms with van der Waals surface area (Å²) in [6.07, 6.45) is 0.959. The Hall–Kier alpha value is -1.91. The maximum Gasteiger partial charge on any atom is 0.124 e. The lowest BCUT2D eigenvalue weighted by Gasteiger charge is -2.23. The second-order valence-electron chi connectivity index (χ2n) is 5.14. The van der Waals surface area contributed by atoms with Crippen molar-refractivity contribution in [3.63, 3.8) is 0 Å². The number of aryl methyl sites for hydroxylation is 1. The average Bonchev–Trinajstić information content (AvgIpc) is 2.92. The van der Waals surface area contributed by atoms with E-state index in [4.69, 9.17) is 5.73 Å². The van der Waals surface area contributed by atoms with E-state index in [1.165, 1.54) is 21.6 Å². The maximum absolute atomic E-state index is 5.71. The second-order valence-corrected chi connectivity index (χ2v) is 5.89. The third-order valence-corrected chi connectivity index (χ3v) is 4.41. The topological polar surface area (TPSA) is 42.1 Å². The Bertz CT molecular complexity index is 735. The van der Waals surface area contributed by atoms with E-state index in [1.807, 2.05) is 6.07 Å². The fourth-order valence-corrected chi connectivity index (χ4v) is 3.37. The van der Waals surface area contributed by atoms with Crippen LogP contribution in [0.4, 0.5) is 10.7 Å². The molecule has 1 aromatic heterocycles. The van der Waals surface area contributed by atoms with E-state index >= 15 is 0 Å². The van der Waals surface area contributed by atoms with E-state index in [1.54, 1.807) is 11.5 Å². The van der Waals surface area contributed by atoms with Crippen LogP contribution in [0.5, 0.6) is 0 Å². The highest BCUT2D eigenvalue weighted by atomic mass is 32.1. The summed E-state index contributed by atoms with van der Waals surface area (Å²) in [5.41, 5.74) is 9.24. The Kier molecular flexibility index (Phi) is 4.18. The number of hydrogen-bond acceptors (Lipinski definition) is 4. The normalized spacial score (nSPS) is 11.0. The summed E-state index contributed by atoms with van der Waals surface area (Å²) < 4.78 is 4.56. The minimum Gasteiger partial charge on any atom is -0.331 e. The number of fused-ring (bicyclic) bond motifs is 1. The first-order valence-electron chi connectivity index (χ1n) is 7.18. The van der Waals surface area contributed by atoms with Gasteiger partial charge in [-0.2, -0.15) is 4.37 Å². The fourth-order valence-electron chi connectivity index (χ4n) is 2.46. The molecular weight excluding hydrogens is 278 g/mol. The quantitative estimate of drug-likeness (QED) is 0.771. The second kappa shape index (κ2) is 6.24. The SMILES string of the molecule is Cc1cccc(N(CCCN)c2snc3ccccc23)c1. The van der Waals surface area contributed by atoms with Crippen LogP contribution >= 0.6 is 11.5 Å². The van der Waals surface area contributed by atoms with E-state index in [0.29, 0.717) is 6.54 Å². The molecule has 3 aromatic rings. The molecule has 108 valence electrons. The van der Waals surface area contributed by atoms with Gasteiger partial charge in [-0.05, 0) is 61.3 Å². The molecule has 0 atom stereocenters. The minimum atomic E-state index is 0.694. The largest absolute Gasteiger partial charge is 0.331 e. The van der Waals surface area contributed by atoms with E-state index < -0.39 is 0 Å². The Morgan fingerprint density at radius 3 is 2.81 bits per heavy atom. The molecule has 2 N–H and O–H groups in total. The zero-order valence-electron chi connectivity index (χ0n) is 12.1. The van der Waals surface area contributed by atoms with Crippen LogP contribution in [0.3, 0.4) is 0 Å². The first-order valence-corrected chi connectivity index (χ1v) is 7.95. The van der Waals surface area contributed by atoms with Crippen LogP contribution in [0, 0.1) is 6.92 Å². The lowest BCUT2D eigenvalue weighted by Crippen LogP contribution is -2.20. The number of rotatable bonds is 5. The third kappa shape index (κ3) is 2.91. The molecular formula is C17H19N3S. The van der Waals surface area contributed by atoms with Gasteiger partial charge < -0.3 is 10.6 Å². The van der Waals surface area contributed by atoms with Gasteiger partial charge in [0, 0.05) is 17.6 Å². The molecule has 0 aliphatic carbocycles. The van der Waals surface area contributed by atoms with Crippen LogP contribution in [-0.2, 0) is 0 Å². The predicted molar refractivity (Wildman–Crippen MR) is 91.5 cm³/mol. The van der Waals surface area contributed by atoms with Crippen molar-refractivity contribution in [3.8, 4) is 0 Å². The van der Waals surface area contributed by atoms with Crippen LogP contribution in [0.15, 0.2) is 48.5 Å².